The Morgan fingerprint density at radius 1 is 0.935 bits per heavy atom. The number of nitrogens with one attached hydrogen (secondary N) is 1. The standard InChI is InChI=1S/C37H37ClIN3O4/c38-32-11-5-1-8-29(32)24-42-34(27-15-13-26(25-43)14-16-27)37(23-28-7-2-6-12-33(28)39,31-10-4-3-9-30(31)35(42)44)36(45)40-17-18-41-19-21-46-22-20-41/h1-16,34,43H,17-25H2,(H,40,45)/t34-,37-/m0/s1. The minimum atomic E-state index is -1.20. The molecule has 6 rings (SSSR count). The van der Waals surface area contributed by atoms with E-state index in [2.05, 4.69) is 38.9 Å². The SMILES string of the molecule is O=C1c2ccccc2[C@](Cc2ccccc2I)(C(=O)NCCN2CCOCC2)[C@H](c2ccc(CO)cc2)N1Cc1ccccc1Cl. The average molecular weight is 750 g/mol. The highest BCUT2D eigenvalue weighted by Crippen LogP contribution is 2.50. The first-order chi connectivity index (χ1) is 22.4. The van der Waals surface area contributed by atoms with Gasteiger partial charge in [0.05, 0.1) is 25.9 Å². The summed E-state index contributed by atoms with van der Waals surface area (Å²) in [5.41, 5.74) is 3.39. The Bertz CT molecular complexity index is 1690. The second kappa shape index (κ2) is 14.6. The number of carbonyl (C=O) groups excluding carboxylic acids is 2. The summed E-state index contributed by atoms with van der Waals surface area (Å²) in [5, 5.41) is 13.7. The Kier molecular flexibility index (Phi) is 10.4. The Morgan fingerprint density at radius 3 is 2.33 bits per heavy atom. The zero-order chi connectivity index (χ0) is 32.1. The molecular formula is C37H37ClIN3O4. The smallest absolute Gasteiger partial charge is 0.255 e. The van der Waals surface area contributed by atoms with Crippen LogP contribution < -0.4 is 5.32 Å². The molecule has 2 aliphatic heterocycles. The van der Waals surface area contributed by atoms with Crippen molar-refractivity contribution in [3.63, 3.8) is 0 Å². The average Bonchev–Trinajstić information content (AvgIpc) is 3.09. The van der Waals surface area contributed by atoms with Gasteiger partial charge in [0.2, 0.25) is 5.91 Å². The molecule has 2 atom stereocenters. The fraction of sp³-hybridized carbons (Fsp3) is 0.297. The number of amides is 2. The van der Waals surface area contributed by atoms with Gasteiger partial charge in [0.15, 0.2) is 0 Å². The third-order valence-corrected chi connectivity index (χ3v) is 10.5. The summed E-state index contributed by atoms with van der Waals surface area (Å²) in [4.78, 5) is 33.8. The molecule has 4 aromatic carbocycles. The van der Waals surface area contributed by atoms with Crippen molar-refractivity contribution < 1.29 is 19.4 Å². The lowest BCUT2D eigenvalue weighted by atomic mass is 9.63. The zero-order valence-electron chi connectivity index (χ0n) is 25.5. The number of hydrogen-bond donors (Lipinski definition) is 2. The number of hydrogen-bond acceptors (Lipinski definition) is 5. The molecule has 2 aliphatic rings. The molecule has 0 aromatic heterocycles. The number of benzene rings is 4. The van der Waals surface area contributed by atoms with Gasteiger partial charge >= 0.3 is 0 Å². The second-order valence-corrected chi connectivity index (χ2v) is 13.4. The number of morpholine rings is 1. The van der Waals surface area contributed by atoms with E-state index in [1.807, 2.05) is 95.9 Å². The summed E-state index contributed by atoms with van der Waals surface area (Å²) in [6, 6.07) is 30.1. The van der Waals surface area contributed by atoms with Crippen molar-refractivity contribution in [2.75, 3.05) is 39.4 Å². The molecule has 1 fully saturated rings. The Labute approximate surface area is 288 Å². The summed E-state index contributed by atoms with van der Waals surface area (Å²) in [5.74, 6) is -0.299. The molecule has 0 saturated carbocycles. The van der Waals surface area contributed by atoms with Crippen molar-refractivity contribution in [3.05, 3.63) is 139 Å². The Morgan fingerprint density at radius 2 is 1.61 bits per heavy atom. The van der Waals surface area contributed by atoms with Gasteiger partial charge in [0.25, 0.3) is 5.91 Å². The first kappa shape index (κ1) is 32.7. The maximum Gasteiger partial charge on any atom is 0.255 e. The molecule has 0 spiro atoms. The summed E-state index contributed by atoms with van der Waals surface area (Å²) in [6.45, 7) is 4.29. The van der Waals surface area contributed by atoms with E-state index in [9.17, 15) is 9.90 Å². The quantitative estimate of drug-likeness (QED) is 0.202. The van der Waals surface area contributed by atoms with E-state index in [0.717, 1.165) is 38.9 Å². The lowest BCUT2D eigenvalue weighted by Crippen LogP contribution is -2.60. The number of rotatable bonds is 10. The van der Waals surface area contributed by atoms with Crippen LogP contribution >= 0.6 is 34.2 Å². The number of halogens is 2. The molecule has 0 aliphatic carbocycles. The maximum absolute atomic E-state index is 15.2. The van der Waals surface area contributed by atoms with Gasteiger partial charge < -0.3 is 20.1 Å². The Balaban J connectivity index is 1.54. The number of nitrogens with zero attached hydrogens (tertiary/aromatic N) is 2. The molecule has 238 valence electrons. The molecule has 0 radical (unpaired) electrons. The van der Waals surface area contributed by atoms with Crippen LogP contribution in [0.25, 0.3) is 0 Å². The van der Waals surface area contributed by atoms with Crippen molar-refractivity contribution in [1.82, 2.24) is 15.1 Å². The third kappa shape index (κ3) is 6.59. The highest BCUT2D eigenvalue weighted by molar-refractivity contribution is 14.1. The van der Waals surface area contributed by atoms with Gasteiger partial charge in [-0.25, -0.2) is 0 Å². The van der Waals surface area contributed by atoms with Crippen molar-refractivity contribution >= 4 is 46.0 Å². The van der Waals surface area contributed by atoms with E-state index >= 15 is 4.79 Å². The lowest BCUT2D eigenvalue weighted by molar-refractivity contribution is -0.130. The van der Waals surface area contributed by atoms with Gasteiger partial charge in [-0.2, -0.15) is 0 Å². The van der Waals surface area contributed by atoms with Crippen LogP contribution in [-0.4, -0.2) is 66.1 Å². The fourth-order valence-corrected chi connectivity index (χ4v) is 7.53. The molecule has 2 N–H and O–H groups in total. The second-order valence-electron chi connectivity index (χ2n) is 11.8. The normalized spacial score (nSPS) is 19.9. The monoisotopic (exact) mass is 749 g/mol. The summed E-state index contributed by atoms with van der Waals surface area (Å²) >= 11 is 9.02. The van der Waals surface area contributed by atoms with Crippen LogP contribution in [0.4, 0.5) is 0 Å². The number of aliphatic hydroxyl groups is 1. The molecular weight excluding hydrogens is 713 g/mol. The number of aliphatic hydroxyl groups excluding tert-OH is 1. The van der Waals surface area contributed by atoms with Crippen LogP contribution in [0.2, 0.25) is 5.02 Å². The van der Waals surface area contributed by atoms with Crippen molar-refractivity contribution in [3.8, 4) is 0 Å². The van der Waals surface area contributed by atoms with Crippen molar-refractivity contribution in [2.24, 2.45) is 0 Å². The molecule has 7 nitrogen and oxygen atoms in total. The van der Waals surface area contributed by atoms with Gasteiger partial charge in [-0.05, 0) is 75.0 Å². The van der Waals surface area contributed by atoms with Gasteiger partial charge in [0, 0.05) is 46.9 Å². The molecule has 4 aromatic rings. The number of fused-ring (bicyclic) bond motifs is 1. The van der Waals surface area contributed by atoms with E-state index < -0.39 is 11.5 Å². The molecule has 0 unspecified atom stereocenters. The van der Waals surface area contributed by atoms with Crippen LogP contribution in [0.5, 0.6) is 0 Å². The van der Waals surface area contributed by atoms with E-state index in [0.29, 0.717) is 48.9 Å². The molecule has 1 saturated heterocycles. The van der Waals surface area contributed by atoms with E-state index in [4.69, 9.17) is 16.3 Å². The van der Waals surface area contributed by atoms with Gasteiger partial charge in [-0.3, -0.25) is 14.5 Å². The molecule has 0 bridgehead atoms. The number of carbonyl (C=O) groups is 2. The summed E-state index contributed by atoms with van der Waals surface area (Å²) in [6.07, 6.45) is 0.366. The van der Waals surface area contributed by atoms with E-state index in [1.54, 1.807) is 0 Å². The maximum atomic E-state index is 15.2. The van der Waals surface area contributed by atoms with Crippen molar-refractivity contribution in [2.45, 2.75) is 31.0 Å². The predicted octanol–water partition coefficient (Wildman–Crippen LogP) is 5.76. The van der Waals surface area contributed by atoms with Crippen LogP contribution in [0.15, 0.2) is 97.1 Å². The minimum absolute atomic E-state index is 0.106. The highest BCUT2D eigenvalue weighted by Gasteiger charge is 2.56. The molecule has 9 heteroatoms. The van der Waals surface area contributed by atoms with Crippen LogP contribution in [0.3, 0.4) is 0 Å². The highest BCUT2D eigenvalue weighted by atomic mass is 127. The minimum Gasteiger partial charge on any atom is -0.392 e. The largest absolute Gasteiger partial charge is 0.392 e. The van der Waals surface area contributed by atoms with E-state index in [1.165, 1.54) is 0 Å². The molecule has 2 heterocycles. The topological polar surface area (TPSA) is 82.1 Å². The first-order valence-electron chi connectivity index (χ1n) is 15.6. The molecule has 2 amide bonds. The Hall–Kier alpha value is -3.28. The number of ether oxygens (including phenoxy) is 1. The third-order valence-electron chi connectivity index (χ3n) is 9.10. The zero-order valence-corrected chi connectivity index (χ0v) is 28.4. The van der Waals surface area contributed by atoms with Crippen LogP contribution in [0, 0.1) is 3.57 Å². The van der Waals surface area contributed by atoms with Gasteiger partial charge in [-0.15, -0.1) is 0 Å². The molecule has 46 heavy (non-hydrogen) atoms. The first-order valence-corrected chi connectivity index (χ1v) is 17.0. The fourth-order valence-electron chi connectivity index (χ4n) is 6.76. The van der Waals surface area contributed by atoms with Crippen LogP contribution in [0.1, 0.15) is 44.2 Å². The van der Waals surface area contributed by atoms with E-state index in [-0.39, 0.29) is 25.0 Å². The summed E-state index contributed by atoms with van der Waals surface area (Å²) in [7, 11) is 0. The van der Waals surface area contributed by atoms with Crippen LogP contribution in [-0.2, 0) is 34.5 Å². The summed E-state index contributed by atoms with van der Waals surface area (Å²) < 4.78 is 6.56. The van der Waals surface area contributed by atoms with Gasteiger partial charge in [-0.1, -0.05) is 90.5 Å². The lowest BCUT2D eigenvalue weighted by Gasteiger charge is -2.50. The van der Waals surface area contributed by atoms with Crippen molar-refractivity contribution in [1.29, 1.82) is 0 Å². The van der Waals surface area contributed by atoms with Gasteiger partial charge in [0.1, 0.15) is 5.41 Å². The predicted molar refractivity (Wildman–Crippen MR) is 188 cm³/mol.